The Morgan fingerprint density at radius 3 is 2.73 bits per heavy atom. The van der Waals surface area contributed by atoms with E-state index in [9.17, 15) is 0 Å². The molecule has 0 saturated carbocycles. The summed E-state index contributed by atoms with van der Waals surface area (Å²) in [5, 5.41) is 3.16. The van der Waals surface area contributed by atoms with Gasteiger partial charge in [-0.25, -0.2) is 9.97 Å². The summed E-state index contributed by atoms with van der Waals surface area (Å²) in [5.74, 6) is 1.03. The third-order valence-corrected chi connectivity index (χ3v) is 2.24. The van der Waals surface area contributed by atoms with Crippen molar-refractivity contribution in [2.24, 2.45) is 0 Å². The van der Waals surface area contributed by atoms with Gasteiger partial charge >= 0.3 is 0 Å². The minimum Gasteiger partial charge on any atom is -0.355 e. The number of rotatable bonds is 6. The largest absolute Gasteiger partial charge is 0.355 e. The number of likely N-dealkylation sites (N-methyl/N-ethyl adjacent to an activating group) is 1. The average Bonchev–Trinajstić information content (AvgIpc) is 2.24. The first kappa shape index (κ1) is 11.9. The van der Waals surface area contributed by atoms with Crippen molar-refractivity contribution < 1.29 is 0 Å². The molecule has 0 aliphatic rings. The quantitative estimate of drug-likeness (QED) is 0.763. The highest BCUT2D eigenvalue weighted by Crippen LogP contribution is 2.10. The zero-order chi connectivity index (χ0) is 11.1. The molecule has 0 spiro atoms. The van der Waals surface area contributed by atoms with Crippen LogP contribution >= 0.6 is 0 Å². The van der Waals surface area contributed by atoms with E-state index in [1.165, 1.54) is 0 Å². The van der Waals surface area contributed by atoms with Crippen LogP contribution in [-0.4, -0.2) is 36.6 Å². The van der Waals surface area contributed by atoms with Crippen LogP contribution in [0.25, 0.3) is 0 Å². The van der Waals surface area contributed by atoms with Gasteiger partial charge in [-0.1, -0.05) is 6.92 Å². The molecule has 15 heavy (non-hydrogen) atoms. The van der Waals surface area contributed by atoms with E-state index < -0.39 is 0 Å². The van der Waals surface area contributed by atoms with E-state index in [0.717, 1.165) is 37.6 Å². The fourth-order valence-electron chi connectivity index (χ4n) is 1.47. The molecule has 1 aromatic rings. The third kappa shape index (κ3) is 3.83. The Morgan fingerprint density at radius 1 is 1.33 bits per heavy atom. The minimum atomic E-state index is 0.975. The molecule has 0 atom stereocenters. The van der Waals surface area contributed by atoms with Gasteiger partial charge in [0.15, 0.2) is 0 Å². The van der Waals surface area contributed by atoms with Crippen LogP contribution in [0.2, 0.25) is 0 Å². The predicted octanol–water partition coefficient (Wildman–Crippen LogP) is 1.22. The first-order valence-corrected chi connectivity index (χ1v) is 5.46. The van der Waals surface area contributed by atoms with Crippen LogP contribution in [0.5, 0.6) is 0 Å². The summed E-state index contributed by atoms with van der Waals surface area (Å²) in [6.45, 7) is 7.18. The molecular weight excluding hydrogens is 188 g/mol. The Kier molecular flexibility index (Phi) is 5.04. The second-order valence-electron chi connectivity index (χ2n) is 3.61. The summed E-state index contributed by atoms with van der Waals surface area (Å²) in [6.07, 6.45) is 2.76. The molecule has 0 fully saturated rings. The smallest absolute Gasteiger partial charge is 0.132 e. The molecule has 0 bridgehead atoms. The standard InChI is InChI=1S/C11H20N4/c1-4-6-15(7-5-12-3)11-8-10(2)13-9-14-11/h8-9,12H,4-7H2,1-3H3. The van der Waals surface area contributed by atoms with E-state index >= 15 is 0 Å². The van der Waals surface area contributed by atoms with Gasteiger partial charge in [-0.15, -0.1) is 0 Å². The van der Waals surface area contributed by atoms with Gasteiger partial charge in [-0.2, -0.15) is 0 Å². The average molecular weight is 208 g/mol. The number of aromatic nitrogens is 2. The summed E-state index contributed by atoms with van der Waals surface area (Å²) in [7, 11) is 1.97. The highest BCUT2D eigenvalue weighted by Gasteiger charge is 2.06. The molecule has 0 aliphatic heterocycles. The monoisotopic (exact) mass is 208 g/mol. The van der Waals surface area contributed by atoms with E-state index in [1.54, 1.807) is 6.33 Å². The van der Waals surface area contributed by atoms with Gasteiger partial charge in [-0.3, -0.25) is 0 Å². The molecule has 1 heterocycles. The maximum absolute atomic E-state index is 4.30. The summed E-state index contributed by atoms with van der Waals surface area (Å²) in [6, 6.07) is 2.03. The molecule has 0 radical (unpaired) electrons. The summed E-state index contributed by atoms with van der Waals surface area (Å²) < 4.78 is 0. The second-order valence-corrected chi connectivity index (χ2v) is 3.61. The summed E-state index contributed by atoms with van der Waals surface area (Å²) >= 11 is 0. The van der Waals surface area contributed by atoms with Crippen LogP contribution in [0.3, 0.4) is 0 Å². The lowest BCUT2D eigenvalue weighted by atomic mass is 10.3. The Bertz CT molecular complexity index is 288. The molecule has 0 saturated heterocycles. The van der Waals surface area contributed by atoms with E-state index in [0.29, 0.717) is 0 Å². The zero-order valence-electron chi connectivity index (χ0n) is 9.82. The SMILES string of the molecule is CCCN(CCNC)c1cc(C)ncn1. The lowest BCUT2D eigenvalue weighted by molar-refractivity contribution is 0.701. The van der Waals surface area contributed by atoms with Gasteiger partial charge in [0.2, 0.25) is 0 Å². The van der Waals surface area contributed by atoms with Gasteiger partial charge in [0.25, 0.3) is 0 Å². The van der Waals surface area contributed by atoms with E-state index in [1.807, 2.05) is 20.0 Å². The van der Waals surface area contributed by atoms with E-state index in [4.69, 9.17) is 0 Å². The normalized spacial score (nSPS) is 10.3. The summed E-state index contributed by atoms with van der Waals surface area (Å²) in [5.41, 5.74) is 1.02. The highest BCUT2D eigenvalue weighted by atomic mass is 15.2. The Balaban J connectivity index is 2.69. The van der Waals surface area contributed by atoms with Crippen LogP contribution in [0.15, 0.2) is 12.4 Å². The number of nitrogens with zero attached hydrogens (tertiary/aromatic N) is 3. The lowest BCUT2D eigenvalue weighted by Crippen LogP contribution is -2.32. The lowest BCUT2D eigenvalue weighted by Gasteiger charge is -2.22. The van der Waals surface area contributed by atoms with Crippen LogP contribution in [0.4, 0.5) is 5.82 Å². The Labute approximate surface area is 91.7 Å². The number of nitrogens with one attached hydrogen (secondary N) is 1. The van der Waals surface area contributed by atoms with Crippen molar-refractivity contribution in [2.45, 2.75) is 20.3 Å². The van der Waals surface area contributed by atoms with Crippen molar-refractivity contribution in [1.29, 1.82) is 0 Å². The number of hydrogen-bond acceptors (Lipinski definition) is 4. The molecule has 0 aromatic carbocycles. The fraction of sp³-hybridized carbons (Fsp3) is 0.636. The van der Waals surface area contributed by atoms with Crippen LogP contribution < -0.4 is 10.2 Å². The minimum absolute atomic E-state index is 0.975. The molecule has 84 valence electrons. The molecule has 0 aliphatic carbocycles. The first-order chi connectivity index (χ1) is 7.27. The molecular formula is C11H20N4. The molecule has 4 nitrogen and oxygen atoms in total. The third-order valence-electron chi connectivity index (χ3n) is 2.24. The zero-order valence-corrected chi connectivity index (χ0v) is 9.82. The maximum atomic E-state index is 4.30. The fourth-order valence-corrected chi connectivity index (χ4v) is 1.47. The van der Waals surface area contributed by atoms with Crippen molar-refractivity contribution in [1.82, 2.24) is 15.3 Å². The molecule has 0 amide bonds. The molecule has 1 N–H and O–H groups in total. The number of aryl methyl sites for hydroxylation is 1. The van der Waals surface area contributed by atoms with E-state index in [2.05, 4.69) is 27.1 Å². The highest BCUT2D eigenvalue weighted by molar-refractivity contribution is 5.38. The molecule has 0 unspecified atom stereocenters. The van der Waals surface area contributed by atoms with E-state index in [-0.39, 0.29) is 0 Å². The van der Waals surface area contributed by atoms with Gasteiger partial charge < -0.3 is 10.2 Å². The van der Waals surface area contributed by atoms with Crippen LogP contribution in [0, 0.1) is 6.92 Å². The van der Waals surface area contributed by atoms with Gasteiger partial charge in [0.1, 0.15) is 12.1 Å². The number of anilines is 1. The van der Waals surface area contributed by atoms with Crippen LogP contribution in [0.1, 0.15) is 19.0 Å². The maximum Gasteiger partial charge on any atom is 0.132 e. The predicted molar refractivity (Wildman–Crippen MR) is 63.2 cm³/mol. The van der Waals surface area contributed by atoms with Crippen molar-refractivity contribution in [2.75, 3.05) is 31.6 Å². The van der Waals surface area contributed by atoms with Crippen molar-refractivity contribution in [3.05, 3.63) is 18.1 Å². The Morgan fingerprint density at radius 2 is 2.13 bits per heavy atom. The van der Waals surface area contributed by atoms with Crippen molar-refractivity contribution in [3.8, 4) is 0 Å². The molecule has 1 rings (SSSR count). The van der Waals surface area contributed by atoms with Gasteiger partial charge in [0, 0.05) is 31.4 Å². The first-order valence-electron chi connectivity index (χ1n) is 5.46. The number of hydrogen-bond donors (Lipinski definition) is 1. The summed E-state index contributed by atoms with van der Waals surface area (Å²) in [4.78, 5) is 10.7. The Hall–Kier alpha value is -1.16. The van der Waals surface area contributed by atoms with Crippen molar-refractivity contribution >= 4 is 5.82 Å². The van der Waals surface area contributed by atoms with Gasteiger partial charge in [-0.05, 0) is 20.4 Å². The topological polar surface area (TPSA) is 41.0 Å². The van der Waals surface area contributed by atoms with Crippen molar-refractivity contribution in [3.63, 3.8) is 0 Å². The van der Waals surface area contributed by atoms with Crippen LogP contribution in [-0.2, 0) is 0 Å². The second kappa shape index (κ2) is 6.35. The molecule has 4 heteroatoms. The van der Waals surface area contributed by atoms with Gasteiger partial charge in [0.05, 0.1) is 0 Å². The molecule has 1 aromatic heterocycles.